The Bertz CT molecular complexity index is 1860. The largest absolute Gasteiger partial charge is 0.512 e. The van der Waals surface area contributed by atoms with Gasteiger partial charge in [0.25, 0.3) is 0 Å². The maximum Gasteiger partial charge on any atom is 0.226 e. The van der Waals surface area contributed by atoms with Gasteiger partial charge in [0.1, 0.15) is 6.33 Å². The van der Waals surface area contributed by atoms with Crippen LogP contribution in [-0.2, 0) is 36.7 Å². The summed E-state index contributed by atoms with van der Waals surface area (Å²) in [4.78, 5) is 25.4. The maximum absolute atomic E-state index is 11.7. The van der Waals surface area contributed by atoms with E-state index in [1.807, 2.05) is 46.2 Å². The van der Waals surface area contributed by atoms with Crippen LogP contribution in [0.5, 0.6) is 0 Å². The number of nitrogens with zero attached hydrogens (tertiary/aromatic N) is 3. The molecule has 0 fully saturated rings. The van der Waals surface area contributed by atoms with E-state index < -0.39 is 0 Å². The zero-order valence-electron chi connectivity index (χ0n) is 30.6. The van der Waals surface area contributed by atoms with Crippen LogP contribution in [0.2, 0.25) is 0 Å². The minimum atomic E-state index is 0. The predicted molar refractivity (Wildman–Crippen MR) is 198 cm³/mol. The van der Waals surface area contributed by atoms with Crippen LogP contribution in [0.3, 0.4) is 0 Å². The third-order valence-electron chi connectivity index (χ3n) is 9.04. The summed E-state index contributed by atoms with van der Waals surface area (Å²) in [5.74, 6) is 1.09. The monoisotopic (exact) mass is 839 g/mol. The predicted octanol–water partition coefficient (Wildman–Crippen LogP) is 11.3. The van der Waals surface area contributed by atoms with Crippen molar-refractivity contribution in [1.82, 2.24) is 15.0 Å². The molecule has 6 nitrogen and oxygen atoms in total. The second-order valence-electron chi connectivity index (χ2n) is 14.1. The summed E-state index contributed by atoms with van der Waals surface area (Å²) in [6.07, 6.45) is 11.1. The molecule has 5 rings (SSSR count). The smallest absolute Gasteiger partial charge is 0.226 e. The van der Waals surface area contributed by atoms with E-state index in [-0.39, 0.29) is 48.9 Å². The van der Waals surface area contributed by atoms with Crippen LogP contribution in [0, 0.1) is 23.8 Å². The normalized spacial score (nSPS) is 12.0. The molecule has 7 heteroatoms. The molecule has 1 radical (unpaired) electrons. The average molecular weight is 839 g/mol. The number of hydrogen-bond acceptors (Lipinski definition) is 6. The van der Waals surface area contributed by atoms with Gasteiger partial charge < -0.3 is 9.52 Å². The molecular formula is C42H52IrN3O3-. The number of carbonyl (C=O) groups excluding carboxylic acids is 1. The van der Waals surface area contributed by atoms with E-state index in [2.05, 4.69) is 92.0 Å². The molecule has 0 saturated carbocycles. The summed E-state index contributed by atoms with van der Waals surface area (Å²) in [6, 6.07) is 18.4. The van der Waals surface area contributed by atoms with Gasteiger partial charge in [0, 0.05) is 66.4 Å². The first-order chi connectivity index (χ1) is 22.9. The number of furan rings is 1. The number of aromatic nitrogens is 3. The van der Waals surface area contributed by atoms with Crippen molar-refractivity contribution in [3.8, 4) is 22.5 Å². The Kier molecular flexibility index (Phi) is 14.5. The summed E-state index contributed by atoms with van der Waals surface area (Å²) < 4.78 is 5.67. The number of fused-ring (bicyclic) bond motifs is 2. The van der Waals surface area contributed by atoms with Crippen molar-refractivity contribution < 1.29 is 34.4 Å². The molecule has 263 valence electrons. The molecule has 0 amide bonds. The molecule has 3 aromatic heterocycles. The van der Waals surface area contributed by atoms with Crippen molar-refractivity contribution in [3.63, 3.8) is 0 Å². The molecule has 2 aromatic carbocycles. The molecule has 5 aromatic rings. The summed E-state index contributed by atoms with van der Waals surface area (Å²) >= 11 is 0. The van der Waals surface area contributed by atoms with E-state index in [1.54, 1.807) is 6.33 Å². The number of aliphatic hydroxyl groups is 1. The number of benzene rings is 2. The summed E-state index contributed by atoms with van der Waals surface area (Å²) in [7, 11) is 0. The SMILES string of the molecule is CC(C)Cc1coc2ncc(-c3cc(-c4[c-]c5ccccc5c(C(C)(C)C)c4)ncn3)cc12.CCC(CC)C(=O)/C=C(\O)C(CC)CC.[Ir]. The van der Waals surface area contributed by atoms with Crippen molar-refractivity contribution in [2.45, 2.75) is 99.8 Å². The van der Waals surface area contributed by atoms with Crippen LogP contribution in [0.25, 0.3) is 44.4 Å². The number of pyridine rings is 1. The number of allylic oxidation sites excluding steroid dienone is 2. The fourth-order valence-electron chi connectivity index (χ4n) is 6.14. The molecular weight excluding hydrogens is 787 g/mol. The van der Waals surface area contributed by atoms with Crippen molar-refractivity contribution in [3.05, 3.63) is 90.3 Å². The standard InChI is InChI=1S/C29H28N3O.C13H24O2.Ir/c1-18(2)10-22-16-33-28-24(22)12-21(15-30-28)27-14-26(31-17-32-27)20-11-19-8-6-7-9-23(19)25(13-20)29(3,4)5;1-5-10(6-2)12(14)9-13(15)11(7-3)8-4;/h6-9,12-18H,10H2,1-5H3;9-11,14H,5-8H2,1-4H3;/q-1;;/b;12-9-;. The average Bonchev–Trinajstić information content (AvgIpc) is 3.46. The number of aliphatic hydroxyl groups excluding tert-OH is 1. The first-order valence-electron chi connectivity index (χ1n) is 17.5. The number of rotatable bonds is 11. The third kappa shape index (κ3) is 9.95. The van der Waals surface area contributed by atoms with Gasteiger partial charge in [-0.3, -0.25) is 9.78 Å². The van der Waals surface area contributed by atoms with Crippen LogP contribution >= 0.6 is 0 Å². The van der Waals surface area contributed by atoms with Crippen molar-refractivity contribution >= 4 is 27.7 Å². The second kappa shape index (κ2) is 17.8. The number of carbonyl (C=O) groups is 1. The van der Waals surface area contributed by atoms with Crippen molar-refractivity contribution in [1.29, 1.82) is 0 Å². The van der Waals surface area contributed by atoms with E-state index in [0.29, 0.717) is 11.6 Å². The molecule has 3 heterocycles. The van der Waals surface area contributed by atoms with Gasteiger partial charge in [-0.05, 0) is 55.6 Å². The fourth-order valence-corrected chi connectivity index (χ4v) is 6.14. The molecule has 1 N–H and O–H groups in total. The zero-order chi connectivity index (χ0) is 35.0. The van der Waals surface area contributed by atoms with Gasteiger partial charge in [-0.15, -0.1) is 29.1 Å². The van der Waals surface area contributed by atoms with E-state index in [4.69, 9.17) is 4.42 Å². The molecule has 0 atom stereocenters. The van der Waals surface area contributed by atoms with Gasteiger partial charge in [0.2, 0.25) is 5.71 Å². The molecule has 0 aliphatic heterocycles. The van der Waals surface area contributed by atoms with E-state index in [9.17, 15) is 9.90 Å². The Balaban J connectivity index is 0.000000347. The van der Waals surface area contributed by atoms with Gasteiger partial charge in [-0.1, -0.05) is 91.5 Å². The Morgan fingerprint density at radius 2 is 1.55 bits per heavy atom. The summed E-state index contributed by atoms with van der Waals surface area (Å²) in [5.41, 5.74) is 6.75. The first-order valence-corrected chi connectivity index (χ1v) is 17.5. The number of ketones is 1. The van der Waals surface area contributed by atoms with Crippen LogP contribution in [0.1, 0.15) is 99.1 Å². The fraction of sp³-hybridized carbons (Fsp3) is 0.429. The van der Waals surface area contributed by atoms with Crippen LogP contribution in [0.4, 0.5) is 0 Å². The number of hydrogen-bond donors (Lipinski definition) is 1. The Morgan fingerprint density at radius 3 is 2.18 bits per heavy atom. The molecule has 0 spiro atoms. The topological polar surface area (TPSA) is 89.1 Å². The van der Waals surface area contributed by atoms with Crippen molar-refractivity contribution in [2.75, 3.05) is 0 Å². The second-order valence-corrected chi connectivity index (χ2v) is 14.1. The quantitative estimate of drug-likeness (QED) is 0.0810. The molecule has 49 heavy (non-hydrogen) atoms. The van der Waals surface area contributed by atoms with Crippen molar-refractivity contribution in [2.24, 2.45) is 17.8 Å². The molecule has 0 unspecified atom stereocenters. The van der Waals surface area contributed by atoms with Gasteiger partial charge in [0.05, 0.1) is 17.7 Å². The zero-order valence-corrected chi connectivity index (χ0v) is 33.0. The molecule has 0 bridgehead atoms. The third-order valence-corrected chi connectivity index (χ3v) is 9.04. The van der Waals surface area contributed by atoms with Gasteiger partial charge in [-0.25, -0.2) is 9.97 Å². The Labute approximate surface area is 306 Å². The van der Waals surface area contributed by atoms with E-state index in [1.165, 1.54) is 22.6 Å². The summed E-state index contributed by atoms with van der Waals surface area (Å²) in [5, 5.41) is 13.1. The maximum atomic E-state index is 11.7. The van der Waals surface area contributed by atoms with Crippen LogP contribution in [0.15, 0.2) is 77.5 Å². The minimum Gasteiger partial charge on any atom is -0.512 e. The first kappa shape index (κ1) is 39.8. The van der Waals surface area contributed by atoms with Crippen LogP contribution < -0.4 is 0 Å². The molecule has 0 aliphatic rings. The van der Waals surface area contributed by atoms with Gasteiger partial charge >= 0.3 is 0 Å². The molecule has 0 aliphatic carbocycles. The van der Waals surface area contributed by atoms with E-state index in [0.717, 1.165) is 65.4 Å². The van der Waals surface area contributed by atoms with Gasteiger partial charge in [0.15, 0.2) is 5.78 Å². The Morgan fingerprint density at radius 1 is 0.898 bits per heavy atom. The van der Waals surface area contributed by atoms with Crippen LogP contribution in [-0.4, -0.2) is 25.8 Å². The van der Waals surface area contributed by atoms with Gasteiger partial charge in [-0.2, -0.15) is 0 Å². The summed E-state index contributed by atoms with van der Waals surface area (Å²) in [6.45, 7) is 19.2. The molecule has 0 saturated heterocycles. The van der Waals surface area contributed by atoms with E-state index >= 15 is 0 Å². The minimum absolute atomic E-state index is 0. The Hall–Kier alpha value is -3.67.